The number of pyridine rings is 1. The minimum atomic E-state index is -0.0138. The van der Waals surface area contributed by atoms with Crippen LogP contribution >= 0.6 is 0 Å². The summed E-state index contributed by atoms with van der Waals surface area (Å²) in [5.74, 6) is 0.704. The lowest BCUT2D eigenvalue weighted by molar-refractivity contribution is 0.104. The van der Waals surface area contributed by atoms with Crippen LogP contribution in [0.25, 0.3) is 22.0 Å². The number of benzene rings is 2. The van der Waals surface area contributed by atoms with E-state index in [0.717, 1.165) is 61.7 Å². The molecule has 2 aromatic carbocycles. The van der Waals surface area contributed by atoms with Gasteiger partial charge < -0.3 is 14.2 Å². The van der Waals surface area contributed by atoms with E-state index < -0.39 is 0 Å². The van der Waals surface area contributed by atoms with Gasteiger partial charge in [0.15, 0.2) is 5.78 Å². The second-order valence-electron chi connectivity index (χ2n) is 9.71. The first-order valence-electron chi connectivity index (χ1n) is 12.6. The normalized spacial score (nSPS) is 18.1. The Morgan fingerprint density at radius 2 is 1.41 bits per heavy atom. The van der Waals surface area contributed by atoms with Crippen molar-refractivity contribution in [3.8, 4) is 17.0 Å². The van der Waals surface area contributed by atoms with Crippen molar-refractivity contribution in [2.75, 3.05) is 45.9 Å². The van der Waals surface area contributed by atoms with E-state index in [9.17, 15) is 9.59 Å². The Hall–Kier alpha value is -2.96. The van der Waals surface area contributed by atoms with Crippen molar-refractivity contribution in [3.63, 3.8) is 0 Å². The van der Waals surface area contributed by atoms with Gasteiger partial charge >= 0.3 is 0 Å². The van der Waals surface area contributed by atoms with Crippen molar-refractivity contribution in [3.05, 3.63) is 63.9 Å². The van der Waals surface area contributed by atoms with Crippen LogP contribution in [-0.4, -0.2) is 66.0 Å². The fourth-order valence-electron chi connectivity index (χ4n) is 5.81. The van der Waals surface area contributed by atoms with E-state index in [2.05, 4.69) is 9.80 Å². The summed E-state index contributed by atoms with van der Waals surface area (Å²) in [5.41, 5.74) is 2.89. The molecule has 6 nitrogen and oxygen atoms in total. The van der Waals surface area contributed by atoms with Crippen molar-refractivity contribution >= 4 is 16.6 Å². The lowest BCUT2D eigenvalue weighted by Crippen LogP contribution is -2.30. The SMILES string of the molecule is O=C1c2cc(OCCN3CCCC3)ccc2-c2c1c1ccccc1c(=O)n2CCN1CCCC1. The number of ketones is 1. The summed E-state index contributed by atoms with van der Waals surface area (Å²) in [6, 6.07) is 13.3. The Balaban J connectivity index is 1.36. The Kier molecular flexibility index (Phi) is 5.71. The third-order valence-electron chi connectivity index (χ3n) is 7.61. The molecule has 0 amide bonds. The third-order valence-corrected chi connectivity index (χ3v) is 7.61. The third kappa shape index (κ3) is 3.75. The largest absolute Gasteiger partial charge is 0.492 e. The number of likely N-dealkylation sites (tertiary alicyclic amines) is 2. The van der Waals surface area contributed by atoms with Gasteiger partial charge in [-0.3, -0.25) is 14.5 Å². The molecule has 1 aromatic heterocycles. The summed E-state index contributed by atoms with van der Waals surface area (Å²) in [6.45, 7) is 7.39. The molecular formula is C28H31N3O3. The molecule has 0 spiro atoms. The molecule has 0 bridgehead atoms. The number of aromatic nitrogens is 1. The average Bonchev–Trinajstić information content (AvgIpc) is 3.62. The minimum Gasteiger partial charge on any atom is -0.492 e. The van der Waals surface area contributed by atoms with Crippen LogP contribution in [0.1, 0.15) is 41.6 Å². The van der Waals surface area contributed by atoms with Gasteiger partial charge in [0, 0.05) is 41.5 Å². The van der Waals surface area contributed by atoms with Crippen LogP contribution < -0.4 is 10.3 Å². The van der Waals surface area contributed by atoms with E-state index in [-0.39, 0.29) is 11.3 Å². The zero-order chi connectivity index (χ0) is 23.1. The Morgan fingerprint density at radius 1 is 0.735 bits per heavy atom. The molecule has 6 rings (SSSR count). The molecule has 0 unspecified atom stereocenters. The number of hydrogen-bond acceptors (Lipinski definition) is 5. The zero-order valence-corrected chi connectivity index (χ0v) is 19.6. The number of hydrogen-bond donors (Lipinski definition) is 0. The predicted molar refractivity (Wildman–Crippen MR) is 134 cm³/mol. The highest BCUT2D eigenvalue weighted by molar-refractivity contribution is 6.26. The Morgan fingerprint density at radius 3 is 2.15 bits per heavy atom. The molecule has 3 aromatic rings. The molecule has 0 atom stereocenters. The van der Waals surface area contributed by atoms with Gasteiger partial charge in [0.05, 0.1) is 11.3 Å². The van der Waals surface area contributed by atoms with Crippen molar-refractivity contribution in [2.45, 2.75) is 32.2 Å². The Bertz CT molecular complexity index is 1300. The van der Waals surface area contributed by atoms with Crippen LogP contribution in [0.4, 0.5) is 0 Å². The summed E-state index contributed by atoms with van der Waals surface area (Å²) in [7, 11) is 0. The van der Waals surface area contributed by atoms with E-state index in [0.29, 0.717) is 29.7 Å². The van der Waals surface area contributed by atoms with Crippen LogP contribution in [0.5, 0.6) is 5.75 Å². The maximum absolute atomic E-state index is 13.7. The quantitative estimate of drug-likeness (QED) is 0.423. The minimum absolute atomic E-state index is 0.0129. The molecule has 2 fully saturated rings. The summed E-state index contributed by atoms with van der Waals surface area (Å²) < 4.78 is 7.87. The van der Waals surface area contributed by atoms with Crippen LogP contribution in [0.15, 0.2) is 47.3 Å². The molecule has 0 radical (unpaired) electrons. The van der Waals surface area contributed by atoms with E-state index >= 15 is 0 Å². The molecule has 3 aliphatic rings. The summed E-state index contributed by atoms with van der Waals surface area (Å²) in [4.78, 5) is 32.0. The smallest absolute Gasteiger partial charge is 0.258 e. The van der Waals surface area contributed by atoms with E-state index in [1.54, 1.807) is 0 Å². The number of carbonyl (C=O) groups is 1. The van der Waals surface area contributed by atoms with E-state index in [4.69, 9.17) is 4.74 Å². The van der Waals surface area contributed by atoms with Gasteiger partial charge in [-0.05, 0) is 76.1 Å². The topological polar surface area (TPSA) is 54.8 Å². The number of nitrogens with zero attached hydrogens (tertiary/aromatic N) is 3. The van der Waals surface area contributed by atoms with Gasteiger partial charge in [0.2, 0.25) is 0 Å². The molecule has 34 heavy (non-hydrogen) atoms. The monoisotopic (exact) mass is 457 g/mol. The lowest BCUT2D eigenvalue weighted by atomic mass is 10.0. The van der Waals surface area contributed by atoms with Gasteiger partial charge in [-0.2, -0.15) is 0 Å². The lowest BCUT2D eigenvalue weighted by Gasteiger charge is -2.19. The first-order chi connectivity index (χ1) is 16.7. The highest BCUT2D eigenvalue weighted by Gasteiger charge is 2.33. The molecule has 2 saturated heterocycles. The first kappa shape index (κ1) is 21.6. The van der Waals surface area contributed by atoms with Gasteiger partial charge in [0.1, 0.15) is 12.4 Å². The van der Waals surface area contributed by atoms with Crippen molar-refractivity contribution in [2.24, 2.45) is 0 Å². The van der Waals surface area contributed by atoms with Gasteiger partial charge in [0.25, 0.3) is 5.56 Å². The molecule has 0 N–H and O–H groups in total. The standard InChI is InChI=1S/C28H31N3O3/c32-27-24-19-20(34-18-17-30-13-5-6-14-30)9-10-22(24)26-25(27)21-7-1-2-8-23(21)28(33)31(26)16-15-29-11-3-4-12-29/h1-2,7-10,19H,3-6,11-18H2. The summed E-state index contributed by atoms with van der Waals surface area (Å²) >= 11 is 0. The number of rotatable bonds is 7. The fraction of sp³-hybridized carbons (Fsp3) is 0.429. The molecule has 0 saturated carbocycles. The maximum Gasteiger partial charge on any atom is 0.258 e. The van der Waals surface area contributed by atoms with Crippen molar-refractivity contribution < 1.29 is 9.53 Å². The van der Waals surface area contributed by atoms with Gasteiger partial charge in [-0.15, -0.1) is 0 Å². The maximum atomic E-state index is 13.7. The number of fused-ring (bicyclic) bond motifs is 5. The van der Waals surface area contributed by atoms with Crippen LogP contribution in [0, 0.1) is 0 Å². The second-order valence-corrected chi connectivity index (χ2v) is 9.71. The predicted octanol–water partition coefficient (Wildman–Crippen LogP) is 3.78. The zero-order valence-electron chi connectivity index (χ0n) is 19.6. The van der Waals surface area contributed by atoms with Crippen molar-refractivity contribution in [1.82, 2.24) is 14.4 Å². The highest BCUT2D eigenvalue weighted by atomic mass is 16.5. The number of carbonyl (C=O) groups excluding carboxylic acids is 1. The first-order valence-corrected chi connectivity index (χ1v) is 12.6. The van der Waals surface area contributed by atoms with E-state index in [1.807, 2.05) is 47.0 Å². The summed E-state index contributed by atoms with van der Waals surface area (Å²) in [6.07, 6.45) is 4.96. The van der Waals surface area contributed by atoms with Crippen molar-refractivity contribution in [1.29, 1.82) is 0 Å². The van der Waals surface area contributed by atoms with Crippen LogP contribution in [0.2, 0.25) is 0 Å². The van der Waals surface area contributed by atoms with Gasteiger partial charge in [-0.25, -0.2) is 0 Å². The van der Waals surface area contributed by atoms with Crippen LogP contribution in [0.3, 0.4) is 0 Å². The molecule has 6 heteroatoms. The van der Waals surface area contributed by atoms with Gasteiger partial charge in [-0.1, -0.05) is 18.2 Å². The molecule has 2 aliphatic heterocycles. The summed E-state index contributed by atoms with van der Waals surface area (Å²) in [5, 5.41) is 1.36. The second kappa shape index (κ2) is 9.01. The van der Waals surface area contributed by atoms with E-state index in [1.165, 1.54) is 25.7 Å². The molecule has 176 valence electrons. The molecular weight excluding hydrogens is 426 g/mol. The molecule has 1 aliphatic carbocycles. The fourth-order valence-corrected chi connectivity index (χ4v) is 5.81. The van der Waals surface area contributed by atoms with Crippen LogP contribution in [-0.2, 0) is 6.54 Å². The Labute approximate surface area is 199 Å². The molecule has 3 heterocycles. The number of ether oxygens (including phenoxy) is 1. The highest BCUT2D eigenvalue weighted by Crippen LogP contribution is 2.40. The average molecular weight is 458 g/mol.